The van der Waals surface area contributed by atoms with Crippen LogP contribution in [0.15, 0.2) is 97.3 Å². The SMILES string of the molecule is CN(CCSSCCN(C)c1ccc(/C=C/c2cccc[n+]2CCO)cc1)c1ccc(/C=C/c2cccc[n+]2CCO)cc1. The average molecular weight is 629 g/mol. The van der Waals surface area contributed by atoms with Crippen molar-refractivity contribution in [2.24, 2.45) is 0 Å². The van der Waals surface area contributed by atoms with Gasteiger partial charge in [-0.15, -0.1) is 0 Å². The monoisotopic (exact) mass is 628 g/mol. The second-order valence-corrected chi connectivity index (χ2v) is 13.1. The van der Waals surface area contributed by atoms with E-state index in [1.165, 1.54) is 11.4 Å². The Labute approximate surface area is 270 Å². The summed E-state index contributed by atoms with van der Waals surface area (Å²) in [6.45, 7) is 3.42. The van der Waals surface area contributed by atoms with Crippen molar-refractivity contribution in [1.29, 1.82) is 0 Å². The third-order valence-corrected chi connectivity index (χ3v) is 9.66. The number of benzene rings is 2. The topological polar surface area (TPSA) is 54.7 Å². The van der Waals surface area contributed by atoms with Crippen molar-refractivity contribution in [2.75, 3.05) is 61.7 Å². The largest absolute Gasteiger partial charge is 0.390 e. The molecular formula is C36H44N4O2S2+2. The van der Waals surface area contributed by atoms with Crippen molar-refractivity contribution < 1.29 is 19.3 Å². The number of pyridine rings is 2. The predicted octanol–water partition coefficient (Wildman–Crippen LogP) is 5.54. The van der Waals surface area contributed by atoms with Crippen molar-refractivity contribution in [1.82, 2.24) is 0 Å². The molecule has 0 spiro atoms. The quantitative estimate of drug-likeness (QED) is 0.0910. The van der Waals surface area contributed by atoms with E-state index < -0.39 is 0 Å². The average Bonchev–Trinajstić information content (AvgIpc) is 3.06. The summed E-state index contributed by atoms with van der Waals surface area (Å²) in [7, 11) is 8.16. The molecule has 0 fully saturated rings. The van der Waals surface area contributed by atoms with E-state index in [4.69, 9.17) is 0 Å². The van der Waals surface area contributed by atoms with Gasteiger partial charge in [-0.1, -0.05) is 45.9 Å². The fourth-order valence-electron chi connectivity index (χ4n) is 4.67. The van der Waals surface area contributed by atoms with Crippen LogP contribution in [0.2, 0.25) is 0 Å². The van der Waals surface area contributed by atoms with Crippen molar-refractivity contribution in [3.05, 3.63) is 120 Å². The van der Waals surface area contributed by atoms with Crippen LogP contribution in [0.5, 0.6) is 0 Å². The van der Waals surface area contributed by atoms with E-state index in [1.54, 1.807) is 0 Å². The van der Waals surface area contributed by atoms with E-state index in [1.807, 2.05) is 67.4 Å². The molecule has 0 aliphatic carbocycles. The van der Waals surface area contributed by atoms with Crippen LogP contribution in [-0.4, -0.2) is 62.1 Å². The smallest absolute Gasteiger partial charge is 0.205 e. The van der Waals surface area contributed by atoms with Gasteiger partial charge in [0.1, 0.15) is 13.2 Å². The van der Waals surface area contributed by atoms with Gasteiger partial charge in [0.05, 0.1) is 0 Å². The fourth-order valence-corrected chi connectivity index (χ4v) is 6.76. The summed E-state index contributed by atoms with van der Waals surface area (Å²) < 4.78 is 4.09. The van der Waals surface area contributed by atoms with Crippen LogP contribution in [0.25, 0.3) is 24.3 Å². The van der Waals surface area contributed by atoms with Crippen LogP contribution in [0.3, 0.4) is 0 Å². The number of aliphatic hydroxyl groups is 2. The molecule has 0 unspecified atom stereocenters. The summed E-state index contributed by atoms with van der Waals surface area (Å²) in [6.07, 6.45) is 12.4. The predicted molar refractivity (Wildman–Crippen MR) is 190 cm³/mol. The van der Waals surface area contributed by atoms with Crippen LogP contribution in [-0.2, 0) is 13.1 Å². The molecule has 0 aliphatic rings. The zero-order valence-corrected chi connectivity index (χ0v) is 27.3. The van der Waals surface area contributed by atoms with E-state index in [2.05, 4.69) is 109 Å². The van der Waals surface area contributed by atoms with Gasteiger partial charge in [0.25, 0.3) is 0 Å². The highest BCUT2D eigenvalue weighted by Gasteiger charge is 2.07. The Bertz CT molecular complexity index is 1360. The molecule has 0 amide bonds. The molecule has 2 heterocycles. The van der Waals surface area contributed by atoms with Crippen molar-refractivity contribution in [3.63, 3.8) is 0 Å². The van der Waals surface area contributed by atoms with Gasteiger partial charge in [-0.05, 0) is 59.7 Å². The highest BCUT2D eigenvalue weighted by atomic mass is 33.1. The number of rotatable bonds is 17. The Morgan fingerprint density at radius 2 is 0.977 bits per heavy atom. The second-order valence-electron chi connectivity index (χ2n) is 10.4. The zero-order valence-electron chi connectivity index (χ0n) is 25.7. The van der Waals surface area contributed by atoms with Crippen LogP contribution < -0.4 is 18.9 Å². The van der Waals surface area contributed by atoms with Gasteiger partial charge in [0, 0.05) is 86.5 Å². The molecule has 0 atom stereocenters. The highest BCUT2D eigenvalue weighted by molar-refractivity contribution is 8.76. The number of aliphatic hydroxyl groups excluding tert-OH is 2. The van der Waals surface area contributed by atoms with Crippen LogP contribution in [0, 0.1) is 0 Å². The van der Waals surface area contributed by atoms with Crippen molar-refractivity contribution in [3.8, 4) is 0 Å². The first-order chi connectivity index (χ1) is 21.6. The molecule has 0 aliphatic heterocycles. The van der Waals surface area contributed by atoms with Gasteiger partial charge in [0.2, 0.25) is 11.4 Å². The molecular weight excluding hydrogens is 585 g/mol. The Balaban J connectivity index is 1.14. The summed E-state index contributed by atoms with van der Waals surface area (Å²) in [5.74, 6) is 2.12. The minimum absolute atomic E-state index is 0.127. The van der Waals surface area contributed by atoms with Crippen LogP contribution in [0.1, 0.15) is 22.5 Å². The maximum absolute atomic E-state index is 9.28. The molecule has 0 bridgehead atoms. The molecule has 2 N–H and O–H groups in total. The summed E-state index contributed by atoms with van der Waals surface area (Å²) in [4.78, 5) is 4.61. The van der Waals surface area contributed by atoms with Gasteiger partial charge in [0.15, 0.2) is 25.5 Å². The standard InChI is InChI=1S/C36H44N4O2S2/c1-37(33-15-9-31(10-16-33)13-19-35-7-3-5-21-39(35)23-27-41)25-29-43-44-30-26-38(2)34-17-11-32(12-18-34)14-20-36-8-4-6-22-40(36)24-28-42/h3-22,41-42H,23-30H2,1-2H3/q+2. The lowest BCUT2D eigenvalue weighted by Crippen LogP contribution is -2.38. The molecule has 2 aromatic heterocycles. The summed E-state index contributed by atoms with van der Waals surface area (Å²) in [5.41, 5.74) is 6.88. The van der Waals surface area contributed by atoms with Crippen molar-refractivity contribution in [2.45, 2.75) is 13.1 Å². The number of hydrogen-bond donors (Lipinski definition) is 2. The minimum atomic E-state index is 0.127. The Morgan fingerprint density at radius 1 is 0.568 bits per heavy atom. The Morgan fingerprint density at radius 3 is 1.36 bits per heavy atom. The maximum Gasteiger partial charge on any atom is 0.205 e. The van der Waals surface area contributed by atoms with E-state index in [0.29, 0.717) is 13.1 Å². The van der Waals surface area contributed by atoms with E-state index in [-0.39, 0.29) is 13.2 Å². The van der Waals surface area contributed by atoms with E-state index in [9.17, 15) is 10.2 Å². The first kappa shape index (κ1) is 33.3. The Hall–Kier alpha value is -3.56. The molecule has 2 aromatic carbocycles. The highest BCUT2D eigenvalue weighted by Crippen LogP contribution is 2.24. The van der Waals surface area contributed by atoms with Gasteiger partial charge in [-0.25, -0.2) is 0 Å². The fraction of sp³-hybridized carbons (Fsp3) is 0.278. The molecule has 4 aromatic rings. The lowest BCUT2D eigenvalue weighted by molar-refractivity contribution is -0.699. The van der Waals surface area contributed by atoms with Gasteiger partial charge in [-0.2, -0.15) is 9.13 Å². The van der Waals surface area contributed by atoms with E-state index >= 15 is 0 Å². The van der Waals surface area contributed by atoms with Gasteiger partial charge < -0.3 is 20.0 Å². The maximum atomic E-state index is 9.28. The molecule has 0 saturated carbocycles. The molecule has 44 heavy (non-hydrogen) atoms. The van der Waals surface area contributed by atoms with Crippen molar-refractivity contribution >= 4 is 57.3 Å². The normalized spacial score (nSPS) is 11.5. The number of hydrogen-bond acceptors (Lipinski definition) is 6. The molecule has 4 rings (SSSR count). The minimum Gasteiger partial charge on any atom is -0.390 e. The molecule has 0 radical (unpaired) electrons. The summed E-state index contributed by atoms with van der Waals surface area (Å²) in [6, 6.07) is 29.4. The summed E-state index contributed by atoms with van der Waals surface area (Å²) >= 11 is 0. The van der Waals surface area contributed by atoms with E-state index in [0.717, 1.165) is 47.1 Å². The zero-order chi connectivity index (χ0) is 31.0. The second kappa shape index (κ2) is 18.3. The third kappa shape index (κ3) is 10.6. The molecule has 8 heteroatoms. The van der Waals surface area contributed by atoms with Gasteiger partial charge >= 0.3 is 0 Å². The first-order valence-electron chi connectivity index (χ1n) is 15.0. The molecule has 0 saturated heterocycles. The van der Waals surface area contributed by atoms with Crippen LogP contribution in [0.4, 0.5) is 11.4 Å². The van der Waals surface area contributed by atoms with Gasteiger partial charge in [-0.3, -0.25) is 0 Å². The molecule has 6 nitrogen and oxygen atoms in total. The number of anilines is 2. The Kier molecular flexibility index (Phi) is 13.9. The number of nitrogens with zero attached hydrogens (tertiary/aromatic N) is 4. The molecule has 230 valence electrons. The number of aromatic nitrogens is 2. The lowest BCUT2D eigenvalue weighted by atomic mass is 10.1. The summed E-state index contributed by atoms with van der Waals surface area (Å²) in [5, 5.41) is 18.6. The van der Waals surface area contributed by atoms with Crippen LogP contribution >= 0.6 is 21.6 Å². The first-order valence-corrected chi connectivity index (χ1v) is 17.5. The lowest BCUT2D eigenvalue weighted by Gasteiger charge is -2.20. The third-order valence-electron chi connectivity index (χ3n) is 7.30.